The van der Waals surface area contributed by atoms with Gasteiger partial charge < -0.3 is 15.0 Å². The third kappa shape index (κ3) is 7.63. The van der Waals surface area contributed by atoms with E-state index >= 15 is 0 Å². The highest BCUT2D eigenvalue weighted by atomic mass is 35.5. The van der Waals surface area contributed by atoms with Crippen LogP contribution in [0.4, 0.5) is 0 Å². The average Bonchev–Trinajstić information content (AvgIpc) is 2.86. The Morgan fingerprint density at radius 1 is 0.941 bits per heavy atom. The summed E-state index contributed by atoms with van der Waals surface area (Å²) >= 11 is 6.41. The summed E-state index contributed by atoms with van der Waals surface area (Å²) in [6, 6.07) is 26.0. The Labute approximate surface area is 206 Å². The van der Waals surface area contributed by atoms with Crippen LogP contribution in [0, 0.1) is 0 Å². The minimum atomic E-state index is -0.652. The predicted molar refractivity (Wildman–Crippen MR) is 136 cm³/mol. The van der Waals surface area contributed by atoms with Crippen LogP contribution in [0.25, 0.3) is 0 Å². The van der Waals surface area contributed by atoms with Crippen molar-refractivity contribution >= 4 is 23.4 Å². The Hall–Kier alpha value is -3.31. The molecule has 34 heavy (non-hydrogen) atoms. The first-order valence-corrected chi connectivity index (χ1v) is 12.0. The number of carbonyl (C=O) groups is 2. The highest BCUT2D eigenvalue weighted by Crippen LogP contribution is 2.21. The molecule has 0 bridgehead atoms. The first-order chi connectivity index (χ1) is 16.6. The number of halogens is 1. The van der Waals surface area contributed by atoms with E-state index in [2.05, 4.69) is 5.32 Å². The predicted octanol–water partition coefficient (Wildman–Crippen LogP) is 5.28. The van der Waals surface area contributed by atoms with E-state index in [1.165, 1.54) is 0 Å². The van der Waals surface area contributed by atoms with Crippen molar-refractivity contribution in [1.82, 2.24) is 10.2 Å². The highest BCUT2D eigenvalue weighted by Gasteiger charge is 2.30. The van der Waals surface area contributed by atoms with Gasteiger partial charge in [0.15, 0.2) is 0 Å². The molecule has 0 aliphatic heterocycles. The topological polar surface area (TPSA) is 58.6 Å². The zero-order valence-corrected chi connectivity index (χ0v) is 20.2. The quantitative estimate of drug-likeness (QED) is 0.360. The van der Waals surface area contributed by atoms with Gasteiger partial charge in [-0.15, -0.1) is 0 Å². The van der Waals surface area contributed by atoms with E-state index in [9.17, 15) is 9.59 Å². The van der Waals surface area contributed by atoms with Crippen molar-refractivity contribution in [2.45, 2.75) is 38.8 Å². The molecule has 0 aromatic heterocycles. The molecular formula is C28H31ClN2O3. The molecule has 0 radical (unpaired) electrons. The molecule has 0 spiro atoms. The number of likely N-dealkylation sites (N-methyl/N-ethyl adjacent to an activating group) is 1. The molecule has 0 saturated carbocycles. The van der Waals surface area contributed by atoms with Gasteiger partial charge in [0, 0.05) is 31.0 Å². The number of nitrogens with zero attached hydrogens (tertiary/aromatic N) is 1. The molecule has 0 saturated heterocycles. The molecule has 5 nitrogen and oxygen atoms in total. The van der Waals surface area contributed by atoms with E-state index in [0.717, 1.165) is 16.9 Å². The van der Waals surface area contributed by atoms with Gasteiger partial charge in [0.25, 0.3) is 0 Å². The molecule has 0 heterocycles. The van der Waals surface area contributed by atoms with E-state index in [1.807, 2.05) is 85.8 Å². The number of hydrogen-bond acceptors (Lipinski definition) is 3. The summed E-state index contributed by atoms with van der Waals surface area (Å²) in [5.74, 6) is 0.489. The minimum absolute atomic E-state index is 0.108. The van der Waals surface area contributed by atoms with Crippen molar-refractivity contribution in [3.63, 3.8) is 0 Å². The van der Waals surface area contributed by atoms with E-state index in [1.54, 1.807) is 11.0 Å². The number of nitrogens with one attached hydrogen (secondary N) is 1. The van der Waals surface area contributed by atoms with Crippen molar-refractivity contribution in [2.75, 3.05) is 13.2 Å². The van der Waals surface area contributed by atoms with Crippen molar-refractivity contribution in [3.05, 3.63) is 101 Å². The molecule has 1 N–H and O–H groups in total. The molecule has 178 valence electrons. The molecular weight excluding hydrogens is 448 g/mol. The van der Waals surface area contributed by atoms with Crippen molar-refractivity contribution in [1.29, 1.82) is 0 Å². The maximum absolute atomic E-state index is 13.5. The number of amides is 2. The summed E-state index contributed by atoms with van der Waals surface area (Å²) in [5, 5.41) is 3.47. The van der Waals surface area contributed by atoms with Crippen LogP contribution in [0.3, 0.4) is 0 Å². The SMILES string of the molecule is CCNC(=O)[C@H](Cc1ccccc1)N(Cc1ccccc1Cl)C(=O)CCCOc1ccccc1. The normalized spacial score (nSPS) is 11.5. The minimum Gasteiger partial charge on any atom is -0.494 e. The van der Waals surface area contributed by atoms with Gasteiger partial charge in [-0.05, 0) is 42.7 Å². The molecule has 3 aromatic carbocycles. The van der Waals surface area contributed by atoms with Crippen molar-refractivity contribution < 1.29 is 14.3 Å². The summed E-state index contributed by atoms with van der Waals surface area (Å²) in [6.07, 6.45) is 1.23. The van der Waals surface area contributed by atoms with Gasteiger partial charge in [-0.3, -0.25) is 9.59 Å². The van der Waals surface area contributed by atoms with Crippen LogP contribution >= 0.6 is 11.6 Å². The first kappa shape index (κ1) is 25.3. The third-order valence-corrected chi connectivity index (χ3v) is 5.84. The fourth-order valence-electron chi connectivity index (χ4n) is 3.73. The molecule has 0 unspecified atom stereocenters. The Kier molecular flexibility index (Phi) is 9.98. The Balaban J connectivity index is 1.78. The second-order valence-electron chi connectivity index (χ2n) is 7.98. The molecule has 0 aliphatic carbocycles. The van der Waals surface area contributed by atoms with Crippen LogP contribution in [-0.4, -0.2) is 35.9 Å². The van der Waals surface area contributed by atoms with Crippen LogP contribution in [0.15, 0.2) is 84.9 Å². The lowest BCUT2D eigenvalue weighted by Gasteiger charge is -2.32. The van der Waals surface area contributed by atoms with Gasteiger partial charge in [-0.1, -0.05) is 78.3 Å². The molecule has 2 amide bonds. The maximum Gasteiger partial charge on any atom is 0.243 e. The standard InChI is InChI=1S/C28H31ClN2O3/c1-2-30-28(33)26(20-22-12-5-3-6-13-22)31(21-23-14-9-10-17-25(23)29)27(32)18-11-19-34-24-15-7-4-8-16-24/h3-10,12-17,26H,2,11,18-21H2,1H3,(H,30,33)/t26-/m0/s1. The molecule has 1 atom stereocenters. The molecule has 0 fully saturated rings. The number of hydrogen-bond donors (Lipinski definition) is 1. The number of rotatable bonds is 12. The fourth-order valence-corrected chi connectivity index (χ4v) is 3.93. The van der Waals surface area contributed by atoms with E-state index in [-0.39, 0.29) is 24.8 Å². The molecule has 3 rings (SSSR count). The maximum atomic E-state index is 13.5. The fraction of sp³-hybridized carbons (Fsp3) is 0.286. The lowest BCUT2D eigenvalue weighted by atomic mass is 10.0. The van der Waals surface area contributed by atoms with Crippen LogP contribution < -0.4 is 10.1 Å². The van der Waals surface area contributed by atoms with Gasteiger partial charge in [0.05, 0.1) is 6.61 Å². The van der Waals surface area contributed by atoms with E-state index < -0.39 is 6.04 Å². The number of ether oxygens (including phenoxy) is 1. The summed E-state index contributed by atoms with van der Waals surface area (Å²) in [4.78, 5) is 28.2. The summed E-state index contributed by atoms with van der Waals surface area (Å²) in [5.41, 5.74) is 1.79. The third-order valence-electron chi connectivity index (χ3n) is 5.47. The second kappa shape index (κ2) is 13.4. The average molecular weight is 479 g/mol. The van der Waals surface area contributed by atoms with Crippen LogP contribution in [0.2, 0.25) is 5.02 Å². The van der Waals surface area contributed by atoms with Crippen molar-refractivity contribution in [3.8, 4) is 5.75 Å². The number of benzene rings is 3. The van der Waals surface area contributed by atoms with Gasteiger partial charge in [0.2, 0.25) is 11.8 Å². The summed E-state index contributed by atoms with van der Waals surface area (Å²) in [6.45, 7) is 3.04. The number of para-hydroxylation sites is 1. The van der Waals surface area contributed by atoms with Crippen LogP contribution in [0.1, 0.15) is 30.9 Å². The molecule has 6 heteroatoms. The zero-order valence-electron chi connectivity index (χ0n) is 19.5. The lowest BCUT2D eigenvalue weighted by Crippen LogP contribution is -2.50. The van der Waals surface area contributed by atoms with Gasteiger partial charge in [0.1, 0.15) is 11.8 Å². The van der Waals surface area contributed by atoms with Gasteiger partial charge >= 0.3 is 0 Å². The Morgan fingerprint density at radius 2 is 1.59 bits per heavy atom. The second-order valence-corrected chi connectivity index (χ2v) is 8.39. The zero-order chi connectivity index (χ0) is 24.2. The smallest absolute Gasteiger partial charge is 0.243 e. The highest BCUT2D eigenvalue weighted by molar-refractivity contribution is 6.31. The van der Waals surface area contributed by atoms with Gasteiger partial charge in [-0.25, -0.2) is 0 Å². The van der Waals surface area contributed by atoms with Crippen LogP contribution in [0.5, 0.6) is 5.75 Å². The monoisotopic (exact) mass is 478 g/mol. The number of carbonyl (C=O) groups excluding carboxylic acids is 2. The lowest BCUT2D eigenvalue weighted by molar-refractivity contribution is -0.141. The summed E-state index contributed by atoms with van der Waals surface area (Å²) < 4.78 is 5.74. The Bertz CT molecular complexity index is 1040. The summed E-state index contributed by atoms with van der Waals surface area (Å²) in [7, 11) is 0. The Morgan fingerprint density at radius 3 is 2.26 bits per heavy atom. The van der Waals surface area contributed by atoms with E-state index in [4.69, 9.17) is 16.3 Å². The first-order valence-electron chi connectivity index (χ1n) is 11.6. The van der Waals surface area contributed by atoms with Crippen LogP contribution in [-0.2, 0) is 22.6 Å². The largest absolute Gasteiger partial charge is 0.494 e. The van der Waals surface area contributed by atoms with Crippen molar-refractivity contribution in [2.24, 2.45) is 0 Å². The molecule has 3 aromatic rings. The van der Waals surface area contributed by atoms with Gasteiger partial charge in [-0.2, -0.15) is 0 Å². The molecule has 0 aliphatic rings. The van der Waals surface area contributed by atoms with E-state index in [0.29, 0.717) is 31.0 Å².